The van der Waals surface area contributed by atoms with E-state index >= 15 is 0 Å². The van der Waals surface area contributed by atoms with Gasteiger partial charge in [-0.1, -0.05) is 37.3 Å². The van der Waals surface area contributed by atoms with E-state index in [0.29, 0.717) is 12.5 Å². The van der Waals surface area contributed by atoms with Crippen LogP contribution in [-0.4, -0.2) is 47.8 Å². The quantitative estimate of drug-likeness (QED) is 0.749. The Kier molecular flexibility index (Phi) is 6.63. The van der Waals surface area contributed by atoms with Crippen molar-refractivity contribution in [2.75, 3.05) is 26.2 Å². The standard InChI is InChI=1S/C19H31N3O2/c1-15-8-7-11-22(12-15)19(2,3)14-20-18(24)21-17(13-23)16-9-5-4-6-10-16/h4-6,9-10,15,17,23H,7-8,11-14H2,1-3H3,(H2,20,21,24). The summed E-state index contributed by atoms with van der Waals surface area (Å²) in [5, 5.41) is 15.4. The predicted molar refractivity (Wildman–Crippen MR) is 96.9 cm³/mol. The summed E-state index contributed by atoms with van der Waals surface area (Å²) in [5.41, 5.74) is 0.826. The van der Waals surface area contributed by atoms with Gasteiger partial charge in [-0.3, -0.25) is 4.90 Å². The molecular formula is C19H31N3O2. The van der Waals surface area contributed by atoms with Gasteiger partial charge in [-0.05, 0) is 44.7 Å². The molecule has 1 aliphatic rings. The van der Waals surface area contributed by atoms with Gasteiger partial charge in [0.25, 0.3) is 0 Å². The minimum atomic E-state index is -0.385. The molecule has 3 N–H and O–H groups in total. The number of benzene rings is 1. The molecule has 1 heterocycles. The fourth-order valence-corrected chi connectivity index (χ4v) is 3.28. The lowest BCUT2D eigenvalue weighted by molar-refractivity contribution is 0.0722. The van der Waals surface area contributed by atoms with Gasteiger partial charge < -0.3 is 15.7 Å². The van der Waals surface area contributed by atoms with Gasteiger partial charge in [0.1, 0.15) is 0 Å². The number of hydrogen-bond acceptors (Lipinski definition) is 3. The summed E-state index contributed by atoms with van der Waals surface area (Å²) in [6.45, 7) is 9.26. The SMILES string of the molecule is CC1CCCN(C(C)(C)CNC(=O)NC(CO)c2ccccc2)C1. The topological polar surface area (TPSA) is 64.6 Å². The van der Waals surface area contributed by atoms with E-state index in [4.69, 9.17) is 0 Å². The number of amides is 2. The highest BCUT2D eigenvalue weighted by atomic mass is 16.3. The van der Waals surface area contributed by atoms with Crippen LogP contribution in [-0.2, 0) is 0 Å². The highest BCUT2D eigenvalue weighted by Gasteiger charge is 2.30. The van der Waals surface area contributed by atoms with Crippen LogP contribution in [0.3, 0.4) is 0 Å². The third-order valence-corrected chi connectivity index (χ3v) is 4.88. The summed E-state index contributed by atoms with van der Waals surface area (Å²) in [4.78, 5) is 14.7. The maximum atomic E-state index is 12.2. The van der Waals surface area contributed by atoms with E-state index < -0.39 is 0 Å². The Morgan fingerprint density at radius 3 is 2.71 bits per heavy atom. The molecule has 1 aliphatic heterocycles. The van der Waals surface area contributed by atoms with Crippen LogP contribution in [0, 0.1) is 5.92 Å². The molecule has 2 amide bonds. The first-order chi connectivity index (χ1) is 11.4. The molecule has 1 saturated heterocycles. The third kappa shape index (κ3) is 5.21. The van der Waals surface area contributed by atoms with Crippen LogP contribution in [0.5, 0.6) is 0 Å². The molecular weight excluding hydrogens is 302 g/mol. The number of hydrogen-bond donors (Lipinski definition) is 3. The van der Waals surface area contributed by atoms with Gasteiger partial charge in [0.15, 0.2) is 0 Å². The largest absolute Gasteiger partial charge is 0.394 e. The van der Waals surface area contributed by atoms with Gasteiger partial charge in [0.05, 0.1) is 12.6 Å². The van der Waals surface area contributed by atoms with Gasteiger partial charge in [0.2, 0.25) is 0 Å². The van der Waals surface area contributed by atoms with E-state index in [2.05, 4.69) is 36.3 Å². The van der Waals surface area contributed by atoms with Gasteiger partial charge in [-0.25, -0.2) is 4.79 Å². The van der Waals surface area contributed by atoms with E-state index in [9.17, 15) is 9.90 Å². The molecule has 1 aromatic carbocycles. The molecule has 24 heavy (non-hydrogen) atoms. The van der Waals surface area contributed by atoms with E-state index in [-0.39, 0.29) is 24.2 Å². The Bertz CT molecular complexity index is 519. The van der Waals surface area contributed by atoms with Crippen molar-refractivity contribution in [3.8, 4) is 0 Å². The zero-order valence-corrected chi connectivity index (χ0v) is 15.1. The number of urea groups is 1. The first-order valence-corrected chi connectivity index (χ1v) is 8.87. The van der Waals surface area contributed by atoms with Gasteiger partial charge in [-0.2, -0.15) is 0 Å². The van der Waals surface area contributed by atoms with Crippen LogP contribution in [0.4, 0.5) is 4.79 Å². The Balaban J connectivity index is 1.85. The number of carbonyl (C=O) groups is 1. The number of nitrogens with one attached hydrogen (secondary N) is 2. The van der Waals surface area contributed by atoms with E-state index in [1.807, 2.05) is 30.3 Å². The average molecular weight is 333 g/mol. The molecule has 0 bridgehead atoms. The summed E-state index contributed by atoms with van der Waals surface area (Å²) in [6.07, 6.45) is 2.51. The molecule has 0 aliphatic carbocycles. The Hall–Kier alpha value is -1.59. The van der Waals surface area contributed by atoms with Crippen molar-refractivity contribution < 1.29 is 9.90 Å². The molecule has 0 saturated carbocycles. The highest BCUT2D eigenvalue weighted by Crippen LogP contribution is 2.23. The molecule has 0 aromatic heterocycles. The van der Waals surface area contributed by atoms with Crippen LogP contribution in [0.25, 0.3) is 0 Å². The number of piperidine rings is 1. The van der Waals surface area contributed by atoms with Crippen LogP contribution in [0.15, 0.2) is 30.3 Å². The van der Waals surface area contributed by atoms with Crippen molar-refractivity contribution in [1.82, 2.24) is 15.5 Å². The summed E-state index contributed by atoms with van der Waals surface area (Å²) >= 11 is 0. The maximum absolute atomic E-state index is 12.2. The lowest BCUT2D eigenvalue weighted by Crippen LogP contribution is -2.55. The number of likely N-dealkylation sites (tertiary alicyclic amines) is 1. The van der Waals surface area contributed by atoms with E-state index in [0.717, 1.165) is 18.7 Å². The second-order valence-corrected chi connectivity index (χ2v) is 7.48. The number of nitrogens with zero attached hydrogens (tertiary/aromatic N) is 1. The van der Waals surface area contributed by atoms with Crippen LogP contribution in [0.2, 0.25) is 0 Å². The van der Waals surface area contributed by atoms with E-state index in [1.54, 1.807) is 0 Å². The fourth-order valence-electron chi connectivity index (χ4n) is 3.28. The van der Waals surface area contributed by atoms with Gasteiger partial charge in [0, 0.05) is 18.6 Å². The Morgan fingerprint density at radius 2 is 2.08 bits per heavy atom. The first kappa shape index (κ1) is 18.7. The fraction of sp³-hybridized carbons (Fsp3) is 0.632. The molecule has 0 radical (unpaired) electrons. The van der Waals surface area contributed by atoms with Gasteiger partial charge in [-0.15, -0.1) is 0 Å². The predicted octanol–water partition coefficient (Wildman–Crippen LogP) is 2.53. The van der Waals surface area contributed by atoms with Crippen LogP contribution >= 0.6 is 0 Å². The average Bonchev–Trinajstić information content (AvgIpc) is 2.59. The number of aliphatic hydroxyl groups excluding tert-OH is 1. The molecule has 1 fully saturated rings. The third-order valence-electron chi connectivity index (χ3n) is 4.88. The summed E-state index contributed by atoms with van der Waals surface area (Å²) < 4.78 is 0. The maximum Gasteiger partial charge on any atom is 0.315 e. The van der Waals surface area contributed by atoms with Crippen LogP contribution < -0.4 is 10.6 Å². The van der Waals surface area contributed by atoms with Gasteiger partial charge >= 0.3 is 6.03 Å². The summed E-state index contributed by atoms with van der Waals surface area (Å²) in [7, 11) is 0. The van der Waals surface area contributed by atoms with Crippen molar-refractivity contribution in [2.24, 2.45) is 5.92 Å². The Labute approximate surface area is 145 Å². The minimum Gasteiger partial charge on any atom is -0.394 e. The van der Waals surface area contributed by atoms with E-state index in [1.165, 1.54) is 12.8 Å². The van der Waals surface area contributed by atoms with Crippen molar-refractivity contribution in [3.63, 3.8) is 0 Å². The smallest absolute Gasteiger partial charge is 0.315 e. The monoisotopic (exact) mass is 333 g/mol. The zero-order valence-electron chi connectivity index (χ0n) is 15.1. The first-order valence-electron chi connectivity index (χ1n) is 8.87. The normalized spacial score (nSPS) is 20.4. The molecule has 2 rings (SSSR count). The second-order valence-electron chi connectivity index (χ2n) is 7.48. The summed E-state index contributed by atoms with van der Waals surface area (Å²) in [6, 6.07) is 8.90. The molecule has 5 heteroatoms. The second kappa shape index (κ2) is 8.49. The molecule has 134 valence electrons. The van der Waals surface area contributed by atoms with Crippen LogP contribution in [0.1, 0.15) is 45.2 Å². The minimum absolute atomic E-state index is 0.0759. The molecule has 2 atom stereocenters. The van der Waals surface area contributed by atoms with Crippen molar-refractivity contribution >= 4 is 6.03 Å². The number of carbonyl (C=O) groups excluding carboxylic acids is 1. The lowest BCUT2D eigenvalue weighted by Gasteiger charge is -2.43. The van der Waals surface area contributed by atoms with Crippen molar-refractivity contribution in [3.05, 3.63) is 35.9 Å². The zero-order chi connectivity index (χ0) is 17.6. The molecule has 1 aromatic rings. The molecule has 0 spiro atoms. The van der Waals surface area contributed by atoms with Crippen molar-refractivity contribution in [2.45, 2.75) is 45.2 Å². The summed E-state index contributed by atoms with van der Waals surface area (Å²) in [5.74, 6) is 0.712. The highest BCUT2D eigenvalue weighted by molar-refractivity contribution is 5.74. The number of aliphatic hydroxyl groups is 1. The Morgan fingerprint density at radius 1 is 1.38 bits per heavy atom. The molecule has 5 nitrogen and oxygen atoms in total. The number of rotatable bonds is 6. The molecule has 2 unspecified atom stereocenters. The lowest BCUT2D eigenvalue weighted by atomic mass is 9.93. The van der Waals surface area contributed by atoms with Crippen molar-refractivity contribution in [1.29, 1.82) is 0 Å².